The van der Waals surface area contributed by atoms with Crippen molar-refractivity contribution >= 4 is 17.1 Å². The molecule has 56 heavy (non-hydrogen) atoms. The van der Waals surface area contributed by atoms with Gasteiger partial charge in [-0.2, -0.15) is 0 Å². The Kier molecular flexibility index (Phi) is 6.93. The molecule has 4 fully saturated rings. The molecule has 0 atom stereocenters. The first-order valence-electron chi connectivity index (χ1n) is 21.0. The van der Waals surface area contributed by atoms with Gasteiger partial charge in [-0.15, -0.1) is 0 Å². The lowest BCUT2D eigenvalue weighted by atomic mass is 9.43. The smallest absolute Gasteiger partial charge is 0.0467 e. The zero-order chi connectivity index (χ0) is 37.2. The van der Waals surface area contributed by atoms with E-state index in [1.165, 1.54) is 99.1 Å². The van der Waals surface area contributed by atoms with Crippen LogP contribution in [0.2, 0.25) is 0 Å². The Morgan fingerprint density at radius 1 is 0.375 bits per heavy atom. The number of anilines is 3. The van der Waals surface area contributed by atoms with Crippen molar-refractivity contribution in [2.75, 3.05) is 4.90 Å². The number of benzene rings is 7. The molecular formula is C55H47N. The largest absolute Gasteiger partial charge is 0.310 e. The highest BCUT2D eigenvalue weighted by Gasteiger charge is 2.61. The van der Waals surface area contributed by atoms with Crippen LogP contribution in [0.5, 0.6) is 0 Å². The van der Waals surface area contributed by atoms with Crippen LogP contribution in [0.3, 0.4) is 0 Å². The number of nitrogens with zero attached hydrogens (tertiary/aromatic N) is 1. The second-order valence-electron chi connectivity index (χ2n) is 18.2. The average Bonchev–Trinajstić information content (AvgIpc) is 3.66. The maximum Gasteiger partial charge on any atom is 0.0467 e. The van der Waals surface area contributed by atoms with E-state index in [0.717, 1.165) is 29.4 Å². The molecule has 1 spiro atoms. The number of hydrogen-bond acceptors (Lipinski definition) is 1. The van der Waals surface area contributed by atoms with Gasteiger partial charge >= 0.3 is 0 Å². The molecule has 0 aromatic heterocycles. The lowest BCUT2D eigenvalue weighted by Gasteiger charge is -2.61. The number of fused-ring (bicyclic) bond motifs is 6. The molecule has 1 nitrogen and oxygen atoms in total. The quantitative estimate of drug-likeness (QED) is 0.171. The molecule has 0 unspecified atom stereocenters. The molecular weight excluding hydrogens is 675 g/mol. The first-order valence-corrected chi connectivity index (χ1v) is 21.0. The highest BCUT2D eigenvalue weighted by molar-refractivity contribution is 5.89. The topological polar surface area (TPSA) is 3.24 Å². The normalized spacial score (nSPS) is 24.1. The van der Waals surface area contributed by atoms with Gasteiger partial charge in [0.25, 0.3) is 0 Å². The van der Waals surface area contributed by atoms with Crippen LogP contribution < -0.4 is 4.90 Å². The van der Waals surface area contributed by atoms with Gasteiger partial charge in [-0.1, -0.05) is 135 Å². The van der Waals surface area contributed by atoms with E-state index in [9.17, 15) is 0 Å². The summed E-state index contributed by atoms with van der Waals surface area (Å²) in [4.78, 5) is 2.46. The highest BCUT2D eigenvalue weighted by atomic mass is 15.1. The Morgan fingerprint density at radius 3 is 1.66 bits per heavy atom. The van der Waals surface area contributed by atoms with Gasteiger partial charge in [0, 0.05) is 27.9 Å². The first kappa shape index (κ1) is 32.6. The molecule has 7 aromatic carbocycles. The van der Waals surface area contributed by atoms with Gasteiger partial charge in [0.2, 0.25) is 0 Å². The molecule has 6 aliphatic rings. The monoisotopic (exact) mass is 721 g/mol. The molecule has 1 heteroatoms. The summed E-state index contributed by atoms with van der Waals surface area (Å²) >= 11 is 0. The van der Waals surface area contributed by atoms with Crippen LogP contribution in [0.15, 0.2) is 164 Å². The molecule has 0 amide bonds. The SMILES string of the molecule is CC1(C)c2ccccc2-c2ccc(N(c3ccc(-c4ccccc4)cc3)c3cccc(-c4ccc5c(c4)-c4ccccc4C54C5CC6CC(C5)CC4C6)c3)cc21. The number of rotatable bonds is 5. The Morgan fingerprint density at radius 2 is 0.911 bits per heavy atom. The fourth-order valence-electron chi connectivity index (χ4n) is 12.9. The van der Waals surface area contributed by atoms with Crippen LogP contribution in [0.4, 0.5) is 17.1 Å². The van der Waals surface area contributed by atoms with Crippen molar-refractivity contribution in [1.82, 2.24) is 0 Å². The molecule has 0 radical (unpaired) electrons. The van der Waals surface area contributed by atoms with Gasteiger partial charge in [0.15, 0.2) is 0 Å². The summed E-state index contributed by atoms with van der Waals surface area (Å²) in [7, 11) is 0. The van der Waals surface area contributed by atoms with Crippen LogP contribution in [-0.2, 0) is 10.8 Å². The van der Waals surface area contributed by atoms with Gasteiger partial charge in [-0.3, -0.25) is 0 Å². The molecule has 4 saturated carbocycles. The summed E-state index contributed by atoms with van der Waals surface area (Å²) in [5.74, 6) is 3.46. The van der Waals surface area contributed by atoms with Crippen LogP contribution in [0.1, 0.15) is 68.2 Å². The van der Waals surface area contributed by atoms with E-state index >= 15 is 0 Å². The summed E-state index contributed by atoms with van der Waals surface area (Å²) in [6.07, 6.45) is 7.15. The molecule has 0 aliphatic heterocycles. The van der Waals surface area contributed by atoms with Crippen molar-refractivity contribution in [1.29, 1.82) is 0 Å². The Hall–Kier alpha value is -5.66. The van der Waals surface area contributed by atoms with Crippen molar-refractivity contribution in [2.45, 2.75) is 56.8 Å². The van der Waals surface area contributed by atoms with Crippen LogP contribution in [0.25, 0.3) is 44.5 Å². The number of hydrogen-bond donors (Lipinski definition) is 0. The van der Waals surface area contributed by atoms with Gasteiger partial charge in [0.05, 0.1) is 0 Å². The van der Waals surface area contributed by atoms with Gasteiger partial charge in [0.1, 0.15) is 0 Å². The predicted molar refractivity (Wildman–Crippen MR) is 233 cm³/mol. The average molecular weight is 722 g/mol. The van der Waals surface area contributed by atoms with Crippen LogP contribution in [0, 0.1) is 23.7 Å². The summed E-state index contributed by atoms with van der Waals surface area (Å²) in [5, 5.41) is 0. The fraction of sp³-hybridized carbons (Fsp3) is 0.236. The summed E-state index contributed by atoms with van der Waals surface area (Å²) in [6, 6.07) is 62.2. The van der Waals surface area contributed by atoms with E-state index in [4.69, 9.17) is 0 Å². The second kappa shape index (κ2) is 11.9. The molecule has 0 saturated heterocycles. The van der Waals surface area contributed by atoms with Gasteiger partial charge in [-0.25, -0.2) is 0 Å². The van der Waals surface area contributed by atoms with E-state index < -0.39 is 0 Å². The van der Waals surface area contributed by atoms with E-state index in [1.807, 2.05) is 0 Å². The lowest BCUT2D eigenvalue weighted by molar-refractivity contribution is -0.0399. The van der Waals surface area contributed by atoms with E-state index in [1.54, 1.807) is 11.1 Å². The highest BCUT2D eigenvalue weighted by Crippen LogP contribution is 2.69. The second-order valence-corrected chi connectivity index (χ2v) is 18.2. The third-order valence-corrected chi connectivity index (χ3v) is 15.0. The molecule has 7 aromatic rings. The standard InChI is InChI=1S/C55H47N/c1-54(2)50-17-8-6-15-46(50)48-25-24-45(34-53(48)54)56(43-22-19-38(20-23-43)37-11-4-3-5-12-37)44-14-10-13-39(32-44)40-21-26-52-49(33-40)47-16-7-9-18-51(47)55(52)41-28-35-27-36(30-41)31-42(55)29-35/h3-26,32-36,41-42H,27-31H2,1-2H3. The Balaban J connectivity index is 0.980. The minimum absolute atomic E-state index is 0.0814. The van der Waals surface area contributed by atoms with Crippen molar-refractivity contribution in [3.63, 3.8) is 0 Å². The van der Waals surface area contributed by atoms with Crippen LogP contribution >= 0.6 is 0 Å². The van der Waals surface area contributed by atoms with Crippen LogP contribution in [-0.4, -0.2) is 0 Å². The van der Waals surface area contributed by atoms with Gasteiger partial charge in [-0.05, 0) is 165 Å². The summed E-state index contributed by atoms with van der Waals surface area (Å²) in [5.41, 5.74) is 20.3. The minimum atomic E-state index is -0.0814. The van der Waals surface area contributed by atoms with Crippen molar-refractivity contribution in [3.05, 3.63) is 186 Å². The predicted octanol–water partition coefficient (Wildman–Crippen LogP) is 14.5. The molecule has 13 rings (SSSR count). The first-order chi connectivity index (χ1) is 27.5. The maximum absolute atomic E-state index is 2.56. The Bertz CT molecular complexity index is 2650. The van der Waals surface area contributed by atoms with Crippen molar-refractivity contribution in [3.8, 4) is 44.5 Å². The lowest BCUT2D eigenvalue weighted by Crippen LogP contribution is -2.55. The third kappa shape index (κ3) is 4.55. The summed E-state index contributed by atoms with van der Waals surface area (Å²) in [6.45, 7) is 4.75. The van der Waals surface area contributed by atoms with E-state index in [0.29, 0.717) is 0 Å². The fourth-order valence-corrected chi connectivity index (χ4v) is 12.9. The minimum Gasteiger partial charge on any atom is -0.310 e. The third-order valence-electron chi connectivity index (χ3n) is 15.0. The molecule has 0 heterocycles. The Labute approximate surface area is 331 Å². The van der Waals surface area contributed by atoms with Crippen molar-refractivity contribution < 1.29 is 0 Å². The van der Waals surface area contributed by atoms with Gasteiger partial charge < -0.3 is 4.90 Å². The van der Waals surface area contributed by atoms with E-state index in [-0.39, 0.29) is 10.8 Å². The summed E-state index contributed by atoms with van der Waals surface area (Å²) < 4.78 is 0. The molecule has 6 aliphatic carbocycles. The molecule has 272 valence electrons. The van der Waals surface area contributed by atoms with E-state index in [2.05, 4.69) is 183 Å². The molecule has 4 bridgehead atoms. The zero-order valence-electron chi connectivity index (χ0n) is 32.4. The zero-order valence-corrected chi connectivity index (χ0v) is 32.4. The van der Waals surface area contributed by atoms with Crippen molar-refractivity contribution in [2.24, 2.45) is 23.7 Å². The molecule has 0 N–H and O–H groups in total. The maximum atomic E-state index is 2.56.